The number of carboxylic acid groups (broad SMARTS) is 1. The third kappa shape index (κ3) is 4.59. The summed E-state index contributed by atoms with van der Waals surface area (Å²) in [5, 5.41) is 18.0. The maximum Gasteiger partial charge on any atom is 0.418 e. The molecule has 0 bridgehead atoms. The lowest BCUT2D eigenvalue weighted by atomic mass is 10.2. The van der Waals surface area contributed by atoms with Gasteiger partial charge < -0.3 is 15.6 Å². The molecule has 3 N–H and O–H groups in total. The first-order valence-electron chi connectivity index (χ1n) is 7.22. The number of hydrogen-bond donors (Lipinski definition) is 2. The first-order chi connectivity index (χ1) is 12.0. The summed E-state index contributed by atoms with van der Waals surface area (Å²) in [6.07, 6.45) is 0.0391. The quantitative estimate of drug-likeness (QED) is 0.492. The van der Waals surface area contributed by atoms with Gasteiger partial charge in [-0.15, -0.1) is 0 Å². The van der Waals surface area contributed by atoms with Crippen molar-refractivity contribution >= 4 is 23.4 Å². The van der Waals surface area contributed by atoms with Crippen LogP contribution in [0.2, 0.25) is 0 Å². The molecule has 0 unspecified atom stereocenters. The molecule has 0 radical (unpaired) electrons. The van der Waals surface area contributed by atoms with E-state index in [9.17, 15) is 9.59 Å². The molecule has 0 spiro atoms. The number of anilines is 2. The zero-order valence-corrected chi connectivity index (χ0v) is 13.1. The Bertz CT molecular complexity index is 841. The van der Waals surface area contributed by atoms with Crippen LogP contribution < -0.4 is 10.6 Å². The summed E-state index contributed by atoms with van der Waals surface area (Å²) in [5.41, 5.74) is 6.44. The summed E-state index contributed by atoms with van der Waals surface area (Å²) < 4.78 is 5.21. The van der Waals surface area contributed by atoms with Crippen LogP contribution in [0.15, 0.2) is 66.4 Å². The molecule has 126 valence electrons. The highest BCUT2D eigenvalue weighted by molar-refractivity contribution is 5.98. The number of carboxylic acids is 1. The Labute approximate surface area is 144 Å². The summed E-state index contributed by atoms with van der Waals surface area (Å²) in [7, 11) is 0. The Morgan fingerprint density at radius 3 is 2.40 bits per heavy atom. The van der Waals surface area contributed by atoms with E-state index in [2.05, 4.69) is 0 Å². The SMILES string of the molecule is N#C/C(=C\N(C(=O)OCc1ccccc1)c1ccccc1N)C(=O)O. The van der Waals surface area contributed by atoms with E-state index < -0.39 is 17.6 Å². The second-order valence-corrected chi connectivity index (χ2v) is 4.93. The van der Waals surface area contributed by atoms with E-state index in [0.29, 0.717) is 0 Å². The van der Waals surface area contributed by atoms with Crippen LogP contribution in [-0.2, 0) is 16.1 Å². The van der Waals surface area contributed by atoms with E-state index in [1.807, 2.05) is 6.07 Å². The summed E-state index contributed by atoms with van der Waals surface area (Å²) in [4.78, 5) is 24.4. The molecule has 0 atom stereocenters. The monoisotopic (exact) mass is 337 g/mol. The maximum absolute atomic E-state index is 12.4. The molecule has 0 aromatic heterocycles. The van der Waals surface area contributed by atoms with E-state index in [1.165, 1.54) is 12.1 Å². The predicted octanol–water partition coefficient (Wildman–Crippen LogP) is 2.90. The van der Waals surface area contributed by atoms with Crippen LogP contribution in [0.4, 0.5) is 16.2 Å². The number of nitrogens with zero attached hydrogens (tertiary/aromatic N) is 2. The summed E-state index contributed by atoms with van der Waals surface area (Å²) in [6, 6.07) is 16.9. The number of nitriles is 1. The van der Waals surface area contributed by atoms with Crippen molar-refractivity contribution in [2.24, 2.45) is 0 Å². The lowest BCUT2D eigenvalue weighted by Crippen LogP contribution is -2.28. The van der Waals surface area contributed by atoms with Gasteiger partial charge in [-0.1, -0.05) is 42.5 Å². The second kappa shape index (κ2) is 8.17. The van der Waals surface area contributed by atoms with Crippen LogP contribution in [0.1, 0.15) is 5.56 Å². The zero-order valence-electron chi connectivity index (χ0n) is 13.1. The van der Waals surface area contributed by atoms with Gasteiger partial charge in [0.1, 0.15) is 12.7 Å². The van der Waals surface area contributed by atoms with Crippen LogP contribution in [-0.4, -0.2) is 17.2 Å². The molecule has 0 aliphatic rings. The molecule has 25 heavy (non-hydrogen) atoms. The van der Waals surface area contributed by atoms with Crippen LogP contribution in [0.5, 0.6) is 0 Å². The smallest absolute Gasteiger partial charge is 0.418 e. The first kappa shape index (κ1) is 17.6. The van der Waals surface area contributed by atoms with Gasteiger partial charge in [0, 0.05) is 6.20 Å². The lowest BCUT2D eigenvalue weighted by Gasteiger charge is -2.20. The van der Waals surface area contributed by atoms with Crippen molar-refractivity contribution in [2.45, 2.75) is 6.61 Å². The fourth-order valence-corrected chi connectivity index (χ4v) is 1.98. The van der Waals surface area contributed by atoms with E-state index in [0.717, 1.165) is 16.7 Å². The van der Waals surface area contributed by atoms with Crippen LogP contribution >= 0.6 is 0 Å². The third-order valence-electron chi connectivity index (χ3n) is 3.21. The highest BCUT2D eigenvalue weighted by Gasteiger charge is 2.20. The number of para-hydroxylation sites is 2. The standard InChI is InChI=1S/C18H15N3O4/c19-10-14(17(22)23)11-21(16-9-5-4-8-15(16)20)18(24)25-12-13-6-2-1-3-7-13/h1-9,11H,12,20H2,(H,22,23)/b14-11+. The molecule has 0 saturated carbocycles. The normalized spacial score (nSPS) is 10.6. The predicted molar refractivity (Wildman–Crippen MR) is 91.3 cm³/mol. The van der Waals surface area contributed by atoms with Crippen molar-refractivity contribution in [2.75, 3.05) is 10.6 Å². The second-order valence-electron chi connectivity index (χ2n) is 4.93. The van der Waals surface area contributed by atoms with Gasteiger partial charge in [0.25, 0.3) is 0 Å². The summed E-state index contributed by atoms with van der Waals surface area (Å²) >= 11 is 0. The highest BCUT2D eigenvalue weighted by atomic mass is 16.6. The van der Waals surface area contributed by atoms with Gasteiger partial charge in [-0.3, -0.25) is 0 Å². The van der Waals surface area contributed by atoms with Gasteiger partial charge in [0.15, 0.2) is 5.57 Å². The van der Waals surface area contributed by atoms with Gasteiger partial charge >= 0.3 is 12.1 Å². The van der Waals surface area contributed by atoms with Crippen molar-refractivity contribution in [1.29, 1.82) is 5.26 Å². The van der Waals surface area contributed by atoms with Crippen LogP contribution in [0.25, 0.3) is 0 Å². The van der Waals surface area contributed by atoms with Crippen LogP contribution in [0.3, 0.4) is 0 Å². The molecule has 2 aromatic rings. The number of ether oxygens (including phenoxy) is 1. The fourth-order valence-electron chi connectivity index (χ4n) is 1.98. The largest absolute Gasteiger partial charge is 0.477 e. The van der Waals surface area contributed by atoms with Crippen molar-refractivity contribution < 1.29 is 19.4 Å². The number of hydrogen-bond acceptors (Lipinski definition) is 5. The van der Waals surface area contributed by atoms with Crippen molar-refractivity contribution in [3.8, 4) is 6.07 Å². The number of nitrogens with two attached hydrogens (primary N) is 1. The molecule has 0 heterocycles. The van der Waals surface area contributed by atoms with Gasteiger partial charge in [0.05, 0.1) is 11.4 Å². The average Bonchev–Trinajstić information content (AvgIpc) is 2.62. The minimum atomic E-state index is -1.46. The van der Waals surface area contributed by atoms with Crippen LogP contribution in [0, 0.1) is 11.3 Å². The van der Waals surface area contributed by atoms with Crippen molar-refractivity contribution in [3.63, 3.8) is 0 Å². The van der Waals surface area contributed by atoms with Crippen molar-refractivity contribution in [1.82, 2.24) is 0 Å². The number of benzene rings is 2. The molecule has 0 saturated heterocycles. The first-order valence-corrected chi connectivity index (χ1v) is 7.22. The van der Waals surface area contributed by atoms with Gasteiger partial charge in [-0.05, 0) is 17.7 Å². The number of carbonyl (C=O) groups is 2. The van der Waals surface area contributed by atoms with E-state index in [1.54, 1.807) is 42.5 Å². The number of amides is 1. The number of rotatable bonds is 5. The Morgan fingerprint density at radius 2 is 1.80 bits per heavy atom. The molecular formula is C18H15N3O4. The maximum atomic E-state index is 12.4. The molecule has 0 aliphatic heterocycles. The number of nitrogen functional groups attached to an aromatic ring is 1. The molecule has 2 aromatic carbocycles. The molecule has 1 amide bonds. The summed E-state index contributed by atoms with van der Waals surface area (Å²) in [5.74, 6) is -1.46. The average molecular weight is 337 g/mol. The number of aliphatic carboxylic acids is 1. The van der Waals surface area contributed by atoms with E-state index >= 15 is 0 Å². The molecule has 7 heteroatoms. The fraction of sp³-hybridized carbons (Fsp3) is 0.0556. The molecule has 0 fully saturated rings. The van der Waals surface area contributed by atoms with E-state index in [-0.39, 0.29) is 18.0 Å². The van der Waals surface area contributed by atoms with Gasteiger partial charge in [-0.2, -0.15) is 5.26 Å². The minimum Gasteiger partial charge on any atom is -0.477 e. The van der Waals surface area contributed by atoms with E-state index in [4.69, 9.17) is 20.8 Å². The van der Waals surface area contributed by atoms with Gasteiger partial charge in [-0.25, -0.2) is 14.5 Å². The Kier molecular flexibility index (Phi) is 5.74. The van der Waals surface area contributed by atoms with Crippen molar-refractivity contribution in [3.05, 3.63) is 71.9 Å². The Balaban J connectivity index is 2.31. The zero-order chi connectivity index (χ0) is 18.2. The molecular weight excluding hydrogens is 322 g/mol. The topological polar surface area (TPSA) is 117 Å². The Hall–Kier alpha value is -3.79. The minimum absolute atomic E-state index is 0.00822. The van der Waals surface area contributed by atoms with Gasteiger partial charge in [0.2, 0.25) is 0 Å². The summed E-state index contributed by atoms with van der Waals surface area (Å²) in [6.45, 7) is -0.00822. The number of carbonyl (C=O) groups excluding carboxylic acids is 1. The molecule has 2 rings (SSSR count). The molecule has 7 nitrogen and oxygen atoms in total. The molecule has 0 aliphatic carbocycles. The Morgan fingerprint density at radius 1 is 1.16 bits per heavy atom. The lowest BCUT2D eigenvalue weighted by molar-refractivity contribution is -0.132. The third-order valence-corrected chi connectivity index (χ3v) is 3.21. The highest BCUT2D eigenvalue weighted by Crippen LogP contribution is 2.24.